The number of rotatable bonds is 7. The van der Waals surface area contributed by atoms with E-state index in [1.165, 1.54) is 43.6 Å². The van der Waals surface area contributed by atoms with Gasteiger partial charge in [0.15, 0.2) is 5.78 Å². The molecular weight excluding hydrogens is 248 g/mol. The van der Waals surface area contributed by atoms with Crippen molar-refractivity contribution in [1.29, 1.82) is 0 Å². The second-order valence-electron chi connectivity index (χ2n) is 6.05. The van der Waals surface area contributed by atoms with Crippen LogP contribution in [-0.4, -0.2) is 35.3 Å². The molecule has 1 aromatic rings. The van der Waals surface area contributed by atoms with E-state index in [9.17, 15) is 4.79 Å². The van der Waals surface area contributed by atoms with Crippen molar-refractivity contribution >= 4 is 5.78 Å². The van der Waals surface area contributed by atoms with Gasteiger partial charge in [0.1, 0.15) is 0 Å². The van der Waals surface area contributed by atoms with Crippen LogP contribution in [0.2, 0.25) is 0 Å². The highest BCUT2D eigenvalue weighted by Gasteiger charge is 2.20. The Morgan fingerprint density at radius 2 is 1.90 bits per heavy atom. The Kier molecular flexibility index (Phi) is 5.41. The van der Waals surface area contributed by atoms with Gasteiger partial charge < -0.3 is 9.88 Å². The lowest BCUT2D eigenvalue weighted by Crippen LogP contribution is -2.23. The van der Waals surface area contributed by atoms with Crippen LogP contribution < -0.4 is 0 Å². The summed E-state index contributed by atoms with van der Waals surface area (Å²) in [5.74, 6) is 0.324. The molecule has 1 fully saturated rings. The van der Waals surface area contributed by atoms with Crippen molar-refractivity contribution in [2.24, 2.45) is 0 Å². The summed E-state index contributed by atoms with van der Waals surface area (Å²) < 4.78 is 0. The van der Waals surface area contributed by atoms with Gasteiger partial charge in [0.25, 0.3) is 0 Å². The summed E-state index contributed by atoms with van der Waals surface area (Å²) in [6, 6.07) is 0. The molecule has 2 rings (SSSR count). The third-order valence-corrected chi connectivity index (χ3v) is 4.42. The number of Topliss-reactive ketones (excluding diaryl/α,β-unsaturated/α-hetero) is 1. The van der Waals surface area contributed by atoms with Gasteiger partial charge in [-0.25, -0.2) is 0 Å². The summed E-state index contributed by atoms with van der Waals surface area (Å²) in [5.41, 5.74) is 4.48. The Morgan fingerprint density at radius 3 is 2.55 bits per heavy atom. The molecule has 0 radical (unpaired) electrons. The fourth-order valence-electron chi connectivity index (χ4n) is 3.27. The van der Waals surface area contributed by atoms with Gasteiger partial charge in [0, 0.05) is 29.9 Å². The van der Waals surface area contributed by atoms with E-state index in [2.05, 4.69) is 23.7 Å². The summed E-state index contributed by atoms with van der Waals surface area (Å²) in [4.78, 5) is 18.3. The van der Waals surface area contributed by atoms with Gasteiger partial charge in [-0.05, 0) is 58.2 Å². The van der Waals surface area contributed by atoms with Crippen molar-refractivity contribution in [2.75, 3.05) is 19.6 Å². The zero-order chi connectivity index (χ0) is 14.5. The van der Waals surface area contributed by atoms with Crippen molar-refractivity contribution in [2.45, 2.75) is 59.3 Å². The number of aromatic amines is 1. The van der Waals surface area contributed by atoms with E-state index in [0.717, 1.165) is 30.6 Å². The number of nitrogens with one attached hydrogen (secondary N) is 1. The molecule has 112 valence electrons. The average molecular weight is 276 g/mol. The highest BCUT2D eigenvalue weighted by molar-refractivity contribution is 5.99. The van der Waals surface area contributed by atoms with Crippen LogP contribution in [0.25, 0.3) is 0 Å². The third kappa shape index (κ3) is 3.51. The number of carbonyl (C=O) groups is 1. The van der Waals surface area contributed by atoms with Crippen LogP contribution in [0.1, 0.15) is 66.3 Å². The van der Waals surface area contributed by atoms with Gasteiger partial charge in [0.05, 0.1) is 0 Å². The highest BCUT2D eigenvalue weighted by atomic mass is 16.1. The number of aromatic nitrogens is 1. The van der Waals surface area contributed by atoms with Crippen LogP contribution in [0.4, 0.5) is 0 Å². The van der Waals surface area contributed by atoms with Crippen molar-refractivity contribution in [3.8, 4) is 0 Å². The lowest BCUT2D eigenvalue weighted by Gasteiger charge is -2.14. The van der Waals surface area contributed by atoms with Crippen molar-refractivity contribution in [1.82, 2.24) is 9.88 Å². The fourth-order valence-corrected chi connectivity index (χ4v) is 3.27. The molecule has 3 nitrogen and oxygen atoms in total. The summed E-state index contributed by atoms with van der Waals surface area (Å²) in [6.45, 7) is 9.59. The molecule has 1 aromatic heterocycles. The fraction of sp³-hybridized carbons (Fsp3) is 0.706. The van der Waals surface area contributed by atoms with Crippen LogP contribution in [0, 0.1) is 13.8 Å². The number of carbonyl (C=O) groups excluding carboxylic acids is 1. The minimum absolute atomic E-state index is 0.324. The average Bonchev–Trinajstić information content (AvgIpc) is 3.02. The molecule has 0 saturated carbocycles. The molecular formula is C17H28N2O. The monoisotopic (exact) mass is 276 g/mol. The molecule has 1 aliphatic rings. The van der Waals surface area contributed by atoms with E-state index in [1.807, 2.05) is 6.92 Å². The number of unbranched alkanes of at least 4 members (excludes halogenated alkanes) is 1. The van der Waals surface area contributed by atoms with E-state index in [1.54, 1.807) is 0 Å². The molecule has 2 heterocycles. The maximum Gasteiger partial charge on any atom is 0.166 e. The minimum atomic E-state index is 0.324. The molecule has 1 saturated heterocycles. The highest BCUT2D eigenvalue weighted by Crippen LogP contribution is 2.22. The Morgan fingerprint density at radius 1 is 1.20 bits per heavy atom. The number of aryl methyl sites for hydroxylation is 2. The smallest absolute Gasteiger partial charge is 0.166 e. The number of hydrogen-bond donors (Lipinski definition) is 1. The predicted octanol–water partition coefficient (Wildman–Crippen LogP) is 3.64. The quantitative estimate of drug-likeness (QED) is 0.772. The normalized spacial score (nSPS) is 15.9. The molecule has 0 spiro atoms. The van der Waals surface area contributed by atoms with Crippen LogP contribution in [0.15, 0.2) is 0 Å². The first-order valence-corrected chi connectivity index (χ1v) is 8.07. The van der Waals surface area contributed by atoms with Gasteiger partial charge in [-0.1, -0.05) is 13.3 Å². The van der Waals surface area contributed by atoms with E-state index < -0.39 is 0 Å². The maximum atomic E-state index is 12.6. The summed E-state index contributed by atoms with van der Waals surface area (Å²) >= 11 is 0. The zero-order valence-electron chi connectivity index (χ0n) is 13.2. The first-order chi connectivity index (χ1) is 9.63. The van der Waals surface area contributed by atoms with Crippen molar-refractivity contribution in [3.63, 3.8) is 0 Å². The first kappa shape index (κ1) is 15.3. The van der Waals surface area contributed by atoms with Crippen molar-refractivity contribution < 1.29 is 4.79 Å². The lowest BCUT2D eigenvalue weighted by molar-refractivity contribution is 0.0967. The largest absolute Gasteiger partial charge is 0.362 e. The number of ketones is 1. The van der Waals surface area contributed by atoms with Crippen LogP contribution >= 0.6 is 0 Å². The Labute approximate surface area is 122 Å². The van der Waals surface area contributed by atoms with Crippen LogP contribution in [0.3, 0.4) is 0 Å². The Hall–Kier alpha value is -1.09. The second-order valence-corrected chi connectivity index (χ2v) is 6.05. The van der Waals surface area contributed by atoms with Gasteiger partial charge in [-0.2, -0.15) is 0 Å². The molecule has 0 aromatic carbocycles. The molecule has 3 heteroatoms. The molecule has 0 atom stereocenters. The number of likely N-dealkylation sites (tertiary alicyclic amines) is 1. The minimum Gasteiger partial charge on any atom is -0.362 e. The van der Waals surface area contributed by atoms with Gasteiger partial charge in [-0.15, -0.1) is 0 Å². The topological polar surface area (TPSA) is 36.1 Å². The Balaban J connectivity index is 2.03. The molecule has 1 aliphatic heterocycles. The van der Waals surface area contributed by atoms with E-state index in [-0.39, 0.29) is 0 Å². The molecule has 0 amide bonds. The SMILES string of the molecule is CCCCc1c(C)[nH]c(C)c1C(=O)CCN1CCCC1. The first-order valence-electron chi connectivity index (χ1n) is 8.07. The number of hydrogen-bond acceptors (Lipinski definition) is 2. The number of nitrogens with zero attached hydrogens (tertiary/aromatic N) is 1. The zero-order valence-corrected chi connectivity index (χ0v) is 13.2. The van der Waals surface area contributed by atoms with Gasteiger partial charge in [0.2, 0.25) is 0 Å². The third-order valence-electron chi connectivity index (χ3n) is 4.42. The summed E-state index contributed by atoms with van der Waals surface area (Å²) in [5, 5.41) is 0. The Bertz CT molecular complexity index is 456. The molecule has 0 aliphatic carbocycles. The number of H-pyrrole nitrogens is 1. The summed E-state index contributed by atoms with van der Waals surface area (Å²) in [6.07, 6.45) is 6.60. The molecule has 0 unspecified atom stereocenters. The summed E-state index contributed by atoms with van der Waals surface area (Å²) in [7, 11) is 0. The van der Waals surface area contributed by atoms with E-state index in [4.69, 9.17) is 0 Å². The molecule has 1 N–H and O–H groups in total. The van der Waals surface area contributed by atoms with Crippen LogP contribution in [0.5, 0.6) is 0 Å². The molecule has 20 heavy (non-hydrogen) atoms. The maximum absolute atomic E-state index is 12.6. The second kappa shape index (κ2) is 7.07. The van der Waals surface area contributed by atoms with E-state index in [0.29, 0.717) is 12.2 Å². The standard InChI is InChI=1S/C17H28N2O/c1-4-5-8-15-13(2)18-14(3)17(15)16(20)9-12-19-10-6-7-11-19/h18H,4-12H2,1-3H3. The predicted molar refractivity (Wildman–Crippen MR) is 83.5 cm³/mol. The molecule has 0 bridgehead atoms. The van der Waals surface area contributed by atoms with Crippen molar-refractivity contribution in [3.05, 3.63) is 22.5 Å². The van der Waals surface area contributed by atoms with Gasteiger partial charge >= 0.3 is 0 Å². The van der Waals surface area contributed by atoms with E-state index >= 15 is 0 Å². The van der Waals surface area contributed by atoms with Gasteiger partial charge in [-0.3, -0.25) is 4.79 Å². The lowest BCUT2D eigenvalue weighted by atomic mass is 9.98. The van der Waals surface area contributed by atoms with Crippen LogP contribution in [-0.2, 0) is 6.42 Å².